The summed E-state index contributed by atoms with van der Waals surface area (Å²) in [5.74, 6) is -0.165. The zero-order chi connectivity index (χ0) is 11.8. The van der Waals surface area contributed by atoms with Crippen molar-refractivity contribution in [3.63, 3.8) is 0 Å². The van der Waals surface area contributed by atoms with Gasteiger partial charge >= 0.3 is 5.97 Å². The van der Waals surface area contributed by atoms with Gasteiger partial charge in [0.2, 0.25) is 5.91 Å². The first-order chi connectivity index (χ1) is 6.97. The number of carbonyl (C=O) groups is 2. The molecule has 0 heterocycles. The van der Waals surface area contributed by atoms with Crippen molar-refractivity contribution in [3.8, 4) is 0 Å². The fourth-order valence-corrected chi connectivity index (χ4v) is 1.05. The second-order valence-corrected chi connectivity index (χ2v) is 3.67. The molecule has 0 bridgehead atoms. The number of amides is 1. The largest absolute Gasteiger partial charge is 0.469 e. The molecule has 0 aromatic carbocycles. The Morgan fingerprint density at radius 1 is 1.40 bits per heavy atom. The molecule has 0 aromatic rings. The van der Waals surface area contributed by atoms with Crippen molar-refractivity contribution in [2.45, 2.75) is 25.8 Å². The average Bonchev–Trinajstić information content (AvgIpc) is 2.17. The summed E-state index contributed by atoms with van der Waals surface area (Å²) in [6.07, 6.45) is 0.769. The summed E-state index contributed by atoms with van der Waals surface area (Å²) in [6.45, 7) is 2.46. The highest BCUT2D eigenvalue weighted by Gasteiger charge is 2.09. The smallest absolute Gasteiger partial charge is 0.307 e. The molecule has 0 aliphatic rings. The van der Waals surface area contributed by atoms with E-state index in [0.29, 0.717) is 19.4 Å². The number of methoxy groups -OCH3 is 1. The third-order valence-electron chi connectivity index (χ3n) is 2.03. The molecule has 0 fully saturated rings. The highest BCUT2D eigenvalue weighted by molar-refractivity contribution is 5.75. The Hall–Kier alpha value is -1.10. The van der Waals surface area contributed by atoms with Crippen molar-refractivity contribution in [1.29, 1.82) is 0 Å². The average molecular weight is 216 g/mol. The fraction of sp³-hybridized carbons (Fsp3) is 0.800. The van der Waals surface area contributed by atoms with Crippen LogP contribution in [0, 0.1) is 0 Å². The lowest BCUT2D eigenvalue weighted by molar-refractivity contribution is -0.141. The molecule has 0 spiro atoms. The van der Waals surface area contributed by atoms with E-state index in [1.54, 1.807) is 19.0 Å². The van der Waals surface area contributed by atoms with E-state index < -0.39 is 0 Å². The maximum Gasteiger partial charge on any atom is 0.307 e. The summed E-state index contributed by atoms with van der Waals surface area (Å²) >= 11 is 0. The highest BCUT2D eigenvalue weighted by Crippen LogP contribution is 1.93. The summed E-state index contributed by atoms with van der Waals surface area (Å²) in [5.41, 5.74) is 0. The van der Waals surface area contributed by atoms with Gasteiger partial charge in [0.1, 0.15) is 0 Å². The molecule has 0 aliphatic heterocycles. The summed E-state index contributed by atoms with van der Waals surface area (Å²) < 4.78 is 4.53. The van der Waals surface area contributed by atoms with E-state index in [0.717, 1.165) is 0 Å². The van der Waals surface area contributed by atoms with E-state index in [1.165, 1.54) is 7.11 Å². The first-order valence-corrected chi connectivity index (χ1v) is 4.97. The Morgan fingerprint density at radius 2 is 2.00 bits per heavy atom. The van der Waals surface area contributed by atoms with Gasteiger partial charge in [-0.1, -0.05) is 0 Å². The molecule has 0 rings (SSSR count). The molecule has 0 aliphatic carbocycles. The van der Waals surface area contributed by atoms with Gasteiger partial charge in [-0.2, -0.15) is 0 Å². The van der Waals surface area contributed by atoms with Gasteiger partial charge in [0.05, 0.1) is 13.5 Å². The number of hydrogen-bond acceptors (Lipinski definition) is 4. The van der Waals surface area contributed by atoms with Crippen LogP contribution >= 0.6 is 0 Å². The van der Waals surface area contributed by atoms with Gasteiger partial charge in [-0.25, -0.2) is 0 Å². The van der Waals surface area contributed by atoms with Gasteiger partial charge in [0.25, 0.3) is 0 Å². The van der Waals surface area contributed by atoms with Crippen molar-refractivity contribution in [1.82, 2.24) is 10.2 Å². The van der Waals surface area contributed by atoms with Crippen LogP contribution in [0.1, 0.15) is 19.8 Å². The fourth-order valence-electron chi connectivity index (χ4n) is 1.05. The van der Waals surface area contributed by atoms with Crippen molar-refractivity contribution in [3.05, 3.63) is 0 Å². The predicted molar refractivity (Wildman–Crippen MR) is 57.4 cm³/mol. The van der Waals surface area contributed by atoms with Crippen LogP contribution in [0.4, 0.5) is 0 Å². The minimum Gasteiger partial charge on any atom is -0.469 e. The molecular weight excluding hydrogens is 196 g/mol. The van der Waals surface area contributed by atoms with Crippen LogP contribution in [0.3, 0.4) is 0 Å². The van der Waals surface area contributed by atoms with Crippen molar-refractivity contribution in [2.24, 2.45) is 0 Å². The lowest BCUT2D eigenvalue weighted by Gasteiger charge is -2.14. The van der Waals surface area contributed by atoms with Crippen LogP contribution in [0.2, 0.25) is 0 Å². The molecule has 15 heavy (non-hydrogen) atoms. The predicted octanol–water partition coefficient (Wildman–Crippen LogP) is 0.00590. The molecule has 1 atom stereocenters. The first-order valence-electron chi connectivity index (χ1n) is 4.97. The molecule has 0 saturated heterocycles. The SMILES string of the molecule is COC(=O)CC(C)NCCC(=O)N(C)C. The lowest BCUT2D eigenvalue weighted by atomic mass is 10.2. The zero-order valence-corrected chi connectivity index (χ0v) is 9.87. The van der Waals surface area contributed by atoms with Crippen LogP contribution in [0.25, 0.3) is 0 Å². The third kappa shape index (κ3) is 6.90. The van der Waals surface area contributed by atoms with Gasteiger partial charge in [0, 0.05) is 33.1 Å². The van der Waals surface area contributed by atoms with Gasteiger partial charge in [0.15, 0.2) is 0 Å². The van der Waals surface area contributed by atoms with Gasteiger partial charge in [-0.15, -0.1) is 0 Å². The monoisotopic (exact) mass is 216 g/mol. The van der Waals surface area contributed by atoms with Gasteiger partial charge in [-0.3, -0.25) is 9.59 Å². The van der Waals surface area contributed by atoms with Crippen LogP contribution in [0.15, 0.2) is 0 Å². The molecular formula is C10H20N2O3. The molecule has 1 unspecified atom stereocenters. The topological polar surface area (TPSA) is 58.6 Å². The molecule has 5 heteroatoms. The van der Waals surface area contributed by atoms with Crippen LogP contribution < -0.4 is 5.32 Å². The Labute approximate surface area is 90.8 Å². The van der Waals surface area contributed by atoms with Crippen LogP contribution in [-0.4, -0.2) is 50.6 Å². The summed E-state index contributed by atoms with van der Waals surface area (Å²) in [6, 6.07) is 0.0346. The quantitative estimate of drug-likeness (QED) is 0.635. The van der Waals surface area contributed by atoms with Gasteiger partial charge in [-0.05, 0) is 6.92 Å². The van der Waals surface area contributed by atoms with E-state index >= 15 is 0 Å². The lowest BCUT2D eigenvalue weighted by Crippen LogP contribution is -2.33. The number of rotatable bonds is 6. The Kier molecular flexibility index (Phi) is 6.70. The Balaban J connectivity index is 3.59. The highest BCUT2D eigenvalue weighted by atomic mass is 16.5. The number of nitrogens with one attached hydrogen (secondary N) is 1. The Morgan fingerprint density at radius 3 is 2.47 bits per heavy atom. The number of esters is 1. The molecule has 0 radical (unpaired) electrons. The number of hydrogen-bond donors (Lipinski definition) is 1. The number of ether oxygens (including phenoxy) is 1. The summed E-state index contributed by atoms with van der Waals surface area (Å²) in [4.78, 5) is 23.6. The second-order valence-electron chi connectivity index (χ2n) is 3.67. The van der Waals surface area contributed by atoms with Crippen molar-refractivity contribution in [2.75, 3.05) is 27.7 Å². The van der Waals surface area contributed by atoms with E-state index in [4.69, 9.17) is 0 Å². The molecule has 1 N–H and O–H groups in total. The van der Waals surface area contributed by atoms with Crippen molar-refractivity contribution >= 4 is 11.9 Å². The number of carbonyl (C=O) groups excluding carboxylic acids is 2. The van der Waals surface area contributed by atoms with Crippen LogP contribution in [-0.2, 0) is 14.3 Å². The molecule has 88 valence electrons. The van der Waals surface area contributed by atoms with Crippen molar-refractivity contribution < 1.29 is 14.3 Å². The third-order valence-corrected chi connectivity index (χ3v) is 2.03. The van der Waals surface area contributed by atoms with E-state index in [1.807, 2.05) is 6.92 Å². The molecule has 0 aromatic heterocycles. The van der Waals surface area contributed by atoms with E-state index in [-0.39, 0.29) is 17.9 Å². The minimum absolute atomic E-state index is 0.0346. The van der Waals surface area contributed by atoms with Gasteiger partial charge < -0.3 is 15.0 Å². The maximum atomic E-state index is 11.2. The zero-order valence-electron chi connectivity index (χ0n) is 9.87. The summed E-state index contributed by atoms with van der Waals surface area (Å²) in [7, 11) is 4.81. The number of nitrogens with zero attached hydrogens (tertiary/aromatic N) is 1. The summed E-state index contributed by atoms with van der Waals surface area (Å²) in [5, 5.41) is 3.09. The van der Waals surface area contributed by atoms with Crippen LogP contribution in [0.5, 0.6) is 0 Å². The normalized spacial score (nSPS) is 12.0. The minimum atomic E-state index is -0.242. The van der Waals surface area contributed by atoms with E-state index in [9.17, 15) is 9.59 Å². The molecule has 0 saturated carbocycles. The van der Waals surface area contributed by atoms with E-state index in [2.05, 4.69) is 10.1 Å². The molecule has 1 amide bonds. The maximum absolute atomic E-state index is 11.2. The standard InChI is InChI=1S/C10H20N2O3/c1-8(7-10(14)15-4)11-6-5-9(13)12(2)3/h8,11H,5-7H2,1-4H3. The Bertz CT molecular complexity index is 217. The first kappa shape index (κ1) is 13.9. The molecule has 5 nitrogen and oxygen atoms in total. The second kappa shape index (κ2) is 7.23.